The van der Waals surface area contributed by atoms with Crippen molar-refractivity contribution in [2.24, 2.45) is 0 Å². The summed E-state index contributed by atoms with van der Waals surface area (Å²) < 4.78 is 0.807. The summed E-state index contributed by atoms with van der Waals surface area (Å²) in [4.78, 5) is 14.5. The lowest BCUT2D eigenvalue weighted by Gasteiger charge is -2.31. The highest BCUT2D eigenvalue weighted by atomic mass is 79.9. The topological polar surface area (TPSA) is 32.3 Å². The highest BCUT2D eigenvalue weighted by Gasteiger charge is 2.20. The fraction of sp³-hybridized carbons (Fsp3) is 0.500. The molecule has 0 radical (unpaired) electrons. The van der Waals surface area contributed by atoms with Gasteiger partial charge in [-0.2, -0.15) is 0 Å². The molecule has 1 aromatic carbocycles. The Morgan fingerprint density at radius 1 is 1.47 bits per heavy atom. The molecule has 0 bridgehead atoms. The number of carbonyl (C=O) groups excluding carboxylic acids is 1. The third-order valence-corrected chi connectivity index (χ3v) is 4.78. The van der Waals surface area contributed by atoms with Crippen LogP contribution in [-0.2, 0) is 0 Å². The number of halogens is 2. The first-order valence-corrected chi connectivity index (χ1v) is 7.75. The Hall–Kier alpha value is -0.580. The standard InChI is InChI=1S/C14H18BrClN2O/c1-2-18-7-5-11(6-8-18)17-14(19)10-3-4-12(15)13(16)9-10/h3-4,9,11H,2,5-8H2,1H3,(H,17,19). The second-order valence-corrected chi connectivity index (χ2v) is 6.07. The molecule has 1 heterocycles. The van der Waals surface area contributed by atoms with E-state index >= 15 is 0 Å². The molecule has 1 fully saturated rings. The minimum absolute atomic E-state index is 0.0376. The number of benzene rings is 1. The van der Waals surface area contributed by atoms with E-state index in [0.717, 1.165) is 36.9 Å². The van der Waals surface area contributed by atoms with Crippen LogP contribution in [-0.4, -0.2) is 36.5 Å². The van der Waals surface area contributed by atoms with E-state index in [1.165, 1.54) is 0 Å². The molecule has 1 saturated heterocycles. The average Bonchev–Trinajstić information content (AvgIpc) is 2.42. The number of carbonyl (C=O) groups is 1. The zero-order valence-corrected chi connectivity index (χ0v) is 13.3. The lowest BCUT2D eigenvalue weighted by Crippen LogP contribution is -2.44. The van der Waals surface area contributed by atoms with Crippen molar-refractivity contribution in [2.45, 2.75) is 25.8 Å². The summed E-state index contributed by atoms with van der Waals surface area (Å²) >= 11 is 9.33. The number of nitrogens with zero attached hydrogens (tertiary/aromatic N) is 1. The molecule has 0 saturated carbocycles. The fourth-order valence-electron chi connectivity index (χ4n) is 2.30. The summed E-state index contributed by atoms with van der Waals surface area (Å²) in [5, 5.41) is 3.65. The van der Waals surface area contributed by atoms with E-state index in [1.807, 2.05) is 0 Å². The molecule has 104 valence electrons. The van der Waals surface area contributed by atoms with E-state index in [2.05, 4.69) is 33.1 Å². The zero-order chi connectivity index (χ0) is 13.8. The molecule has 5 heteroatoms. The lowest BCUT2D eigenvalue weighted by atomic mass is 10.0. The predicted molar refractivity (Wildman–Crippen MR) is 81.8 cm³/mol. The van der Waals surface area contributed by atoms with Crippen LogP contribution >= 0.6 is 27.5 Å². The molecule has 0 aliphatic carbocycles. The van der Waals surface area contributed by atoms with Crippen molar-refractivity contribution in [2.75, 3.05) is 19.6 Å². The number of amides is 1. The second kappa shape index (κ2) is 6.73. The van der Waals surface area contributed by atoms with Crippen LogP contribution in [0.1, 0.15) is 30.1 Å². The molecule has 19 heavy (non-hydrogen) atoms. The van der Waals surface area contributed by atoms with Crippen LogP contribution in [0.25, 0.3) is 0 Å². The van der Waals surface area contributed by atoms with Gasteiger partial charge in [0.05, 0.1) is 5.02 Å². The van der Waals surface area contributed by atoms with Crippen LogP contribution in [0, 0.1) is 0 Å². The van der Waals surface area contributed by atoms with Crippen molar-refractivity contribution < 1.29 is 4.79 Å². The maximum atomic E-state index is 12.1. The van der Waals surface area contributed by atoms with Crippen molar-refractivity contribution in [3.05, 3.63) is 33.3 Å². The number of nitrogens with one attached hydrogen (secondary N) is 1. The normalized spacial score (nSPS) is 17.4. The van der Waals surface area contributed by atoms with Crippen molar-refractivity contribution in [1.82, 2.24) is 10.2 Å². The smallest absolute Gasteiger partial charge is 0.251 e. The van der Waals surface area contributed by atoms with E-state index in [0.29, 0.717) is 10.6 Å². The number of piperidine rings is 1. The number of hydrogen-bond acceptors (Lipinski definition) is 2. The van der Waals surface area contributed by atoms with Crippen LogP contribution in [0.2, 0.25) is 5.02 Å². The van der Waals surface area contributed by atoms with Crippen molar-refractivity contribution >= 4 is 33.4 Å². The van der Waals surface area contributed by atoms with Crippen LogP contribution in [0.15, 0.2) is 22.7 Å². The van der Waals surface area contributed by atoms with Gasteiger partial charge in [0.1, 0.15) is 0 Å². The Bertz CT molecular complexity index is 459. The molecular weight excluding hydrogens is 328 g/mol. The summed E-state index contributed by atoms with van der Waals surface area (Å²) in [6.45, 7) is 5.37. The highest BCUT2D eigenvalue weighted by molar-refractivity contribution is 9.10. The van der Waals surface area contributed by atoms with Gasteiger partial charge in [0.25, 0.3) is 5.91 Å². The second-order valence-electron chi connectivity index (χ2n) is 4.81. The molecule has 0 atom stereocenters. The van der Waals surface area contributed by atoms with Gasteiger partial charge in [-0.05, 0) is 53.5 Å². The summed E-state index contributed by atoms with van der Waals surface area (Å²) in [5.41, 5.74) is 0.617. The lowest BCUT2D eigenvalue weighted by molar-refractivity contribution is 0.0912. The first kappa shape index (κ1) is 14.8. The number of likely N-dealkylation sites (tertiary alicyclic amines) is 1. The largest absolute Gasteiger partial charge is 0.349 e. The Morgan fingerprint density at radius 2 is 2.16 bits per heavy atom. The molecular formula is C14H18BrClN2O. The minimum Gasteiger partial charge on any atom is -0.349 e. The van der Waals surface area contributed by atoms with Gasteiger partial charge < -0.3 is 10.2 Å². The van der Waals surface area contributed by atoms with Crippen LogP contribution in [0.5, 0.6) is 0 Å². The predicted octanol–water partition coefficient (Wildman–Crippen LogP) is 3.32. The third kappa shape index (κ3) is 3.94. The van der Waals surface area contributed by atoms with Gasteiger partial charge in [-0.15, -0.1) is 0 Å². The fourth-order valence-corrected chi connectivity index (χ4v) is 2.73. The molecule has 1 aliphatic rings. The molecule has 1 aliphatic heterocycles. The van der Waals surface area contributed by atoms with Crippen molar-refractivity contribution in [1.29, 1.82) is 0 Å². The van der Waals surface area contributed by atoms with Crippen molar-refractivity contribution in [3.63, 3.8) is 0 Å². The van der Waals surface area contributed by atoms with Crippen LogP contribution < -0.4 is 5.32 Å². The third-order valence-electron chi connectivity index (χ3n) is 3.55. The van der Waals surface area contributed by atoms with Gasteiger partial charge in [-0.3, -0.25) is 4.79 Å². The molecule has 1 aromatic rings. The number of rotatable bonds is 3. The Morgan fingerprint density at radius 3 is 2.74 bits per heavy atom. The minimum atomic E-state index is -0.0376. The Balaban J connectivity index is 1.92. The van der Waals surface area contributed by atoms with Crippen LogP contribution in [0.4, 0.5) is 0 Å². The van der Waals surface area contributed by atoms with E-state index in [1.54, 1.807) is 18.2 Å². The Labute approximate surface area is 127 Å². The summed E-state index contributed by atoms with van der Waals surface area (Å²) in [5.74, 6) is -0.0376. The van der Waals surface area contributed by atoms with Gasteiger partial charge in [0.2, 0.25) is 0 Å². The molecule has 3 nitrogen and oxygen atoms in total. The molecule has 0 spiro atoms. The number of hydrogen-bond donors (Lipinski definition) is 1. The maximum absolute atomic E-state index is 12.1. The van der Waals surface area contributed by atoms with E-state index < -0.39 is 0 Å². The first-order valence-electron chi connectivity index (χ1n) is 6.58. The summed E-state index contributed by atoms with van der Waals surface area (Å²) in [7, 11) is 0. The van der Waals surface area contributed by atoms with Gasteiger partial charge >= 0.3 is 0 Å². The van der Waals surface area contributed by atoms with Gasteiger partial charge in [-0.25, -0.2) is 0 Å². The van der Waals surface area contributed by atoms with E-state index in [9.17, 15) is 4.79 Å². The quantitative estimate of drug-likeness (QED) is 0.911. The molecule has 1 N–H and O–H groups in total. The Kier molecular flexibility index (Phi) is 5.25. The molecule has 1 amide bonds. The van der Waals surface area contributed by atoms with Crippen molar-refractivity contribution in [3.8, 4) is 0 Å². The summed E-state index contributed by atoms with van der Waals surface area (Å²) in [6.07, 6.45) is 2.04. The zero-order valence-electron chi connectivity index (χ0n) is 11.0. The average molecular weight is 346 g/mol. The van der Waals surface area contributed by atoms with Gasteiger partial charge in [0, 0.05) is 29.2 Å². The SMILES string of the molecule is CCN1CCC(NC(=O)c2ccc(Br)c(Cl)c2)CC1. The van der Waals surface area contributed by atoms with Gasteiger partial charge in [-0.1, -0.05) is 18.5 Å². The van der Waals surface area contributed by atoms with Gasteiger partial charge in [0.15, 0.2) is 0 Å². The molecule has 2 rings (SSSR count). The molecule has 0 aromatic heterocycles. The maximum Gasteiger partial charge on any atom is 0.251 e. The van der Waals surface area contributed by atoms with E-state index in [-0.39, 0.29) is 11.9 Å². The molecule has 0 unspecified atom stereocenters. The van der Waals surface area contributed by atoms with Crippen LogP contribution in [0.3, 0.4) is 0 Å². The summed E-state index contributed by atoms with van der Waals surface area (Å²) in [6, 6.07) is 5.56. The van der Waals surface area contributed by atoms with E-state index in [4.69, 9.17) is 11.6 Å². The highest BCUT2D eigenvalue weighted by Crippen LogP contribution is 2.23. The first-order chi connectivity index (χ1) is 9.10. The monoisotopic (exact) mass is 344 g/mol.